The molecule has 0 bridgehead atoms. The summed E-state index contributed by atoms with van der Waals surface area (Å²) in [6, 6.07) is 0. The molecule has 0 radical (unpaired) electrons. The van der Waals surface area contributed by atoms with Crippen LogP contribution in [0.25, 0.3) is 0 Å². The van der Waals surface area contributed by atoms with Crippen LogP contribution in [0.1, 0.15) is 13.8 Å². The van der Waals surface area contributed by atoms with Crippen molar-refractivity contribution in [3.63, 3.8) is 0 Å². The third-order valence-electron chi connectivity index (χ3n) is 1.33. The molecule has 0 aromatic rings. The van der Waals surface area contributed by atoms with E-state index in [-0.39, 0.29) is 18.6 Å². The van der Waals surface area contributed by atoms with Crippen LogP contribution in [-0.2, 0) is 9.53 Å². The lowest BCUT2D eigenvalue weighted by Gasteiger charge is -1.97. The molecule has 76 valence electrons. The maximum absolute atomic E-state index is 10.5. The molecule has 0 saturated carbocycles. The molecule has 0 aromatic carbocycles. The van der Waals surface area contributed by atoms with Crippen LogP contribution in [0.4, 0.5) is 0 Å². The second kappa shape index (κ2) is 6.62. The molecule has 1 aliphatic rings. The summed E-state index contributed by atoms with van der Waals surface area (Å²) in [5.41, 5.74) is 0.562. The number of likely N-dealkylation sites (N-methyl/N-ethyl adjacent to an activating group) is 1. The van der Waals surface area contributed by atoms with Gasteiger partial charge in [0.1, 0.15) is 6.10 Å². The lowest BCUT2D eigenvalue weighted by atomic mass is 10.3. The minimum atomic E-state index is -0.0625. The minimum Gasteiger partial charge on any atom is -0.394 e. The van der Waals surface area contributed by atoms with Gasteiger partial charge in [0.05, 0.1) is 13.2 Å². The van der Waals surface area contributed by atoms with E-state index < -0.39 is 0 Å². The number of nitrogens with one attached hydrogen (secondary N) is 1. The largest absolute Gasteiger partial charge is 0.394 e. The van der Waals surface area contributed by atoms with Crippen molar-refractivity contribution >= 4 is 5.91 Å². The zero-order valence-electron chi connectivity index (χ0n) is 8.17. The zero-order valence-corrected chi connectivity index (χ0v) is 8.17. The molecule has 0 aromatic heterocycles. The van der Waals surface area contributed by atoms with Crippen molar-refractivity contribution in [3.05, 3.63) is 12.2 Å². The van der Waals surface area contributed by atoms with Gasteiger partial charge in [-0.1, -0.05) is 6.58 Å². The average molecular weight is 187 g/mol. The summed E-state index contributed by atoms with van der Waals surface area (Å²) in [7, 11) is 0. The summed E-state index contributed by atoms with van der Waals surface area (Å²) in [5.74, 6) is -0.0625. The van der Waals surface area contributed by atoms with E-state index in [9.17, 15) is 4.79 Å². The molecular weight excluding hydrogens is 170 g/mol. The van der Waals surface area contributed by atoms with Gasteiger partial charge in [0.2, 0.25) is 5.91 Å². The molecule has 13 heavy (non-hydrogen) atoms. The first kappa shape index (κ1) is 12.1. The van der Waals surface area contributed by atoms with Gasteiger partial charge < -0.3 is 15.2 Å². The first-order chi connectivity index (χ1) is 6.11. The van der Waals surface area contributed by atoms with Crippen molar-refractivity contribution in [2.75, 3.05) is 19.8 Å². The van der Waals surface area contributed by atoms with Crippen molar-refractivity contribution < 1.29 is 14.6 Å². The maximum Gasteiger partial charge on any atom is 0.246 e. The third kappa shape index (κ3) is 7.49. The molecule has 1 saturated heterocycles. The predicted octanol–water partition coefficient (Wildman–Crippen LogP) is 0.0761. The Kier molecular flexibility index (Phi) is 6.18. The van der Waals surface area contributed by atoms with Gasteiger partial charge in [0, 0.05) is 12.1 Å². The number of rotatable bonds is 3. The molecule has 1 heterocycles. The van der Waals surface area contributed by atoms with Crippen LogP contribution in [0.5, 0.6) is 0 Å². The molecule has 2 N–H and O–H groups in total. The number of carbonyl (C=O) groups is 1. The highest BCUT2D eigenvalue weighted by molar-refractivity contribution is 5.91. The monoisotopic (exact) mass is 187 g/mol. The first-order valence-corrected chi connectivity index (χ1v) is 4.28. The van der Waals surface area contributed by atoms with E-state index in [0.29, 0.717) is 12.1 Å². The second-order valence-electron chi connectivity index (χ2n) is 2.78. The summed E-state index contributed by atoms with van der Waals surface area (Å²) in [6.07, 6.45) is 0.190. The number of ether oxygens (including phenoxy) is 1. The summed E-state index contributed by atoms with van der Waals surface area (Å²) in [6.45, 7) is 8.65. The van der Waals surface area contributed by atoms with Crippen molar-refractivity contribution in [1.82, 2.24) is 5.32 Å². The highest BCUT2D eigenvalue weighted by atomic mass is 16.6. The SMILES string of the molecule is C=C(C)C(=O)NCC.OCC1CO1. The molecule has 1 atom stereocenters. The molecule has 0 spiro atoms. The Hall–Kier alpha value is -0.870. The van der Waals surface area contributed by atoms with Crippen molar-refractivity contribution in [2.45, 2.75) is 20.0 Å². The van der Waals surface area contributed by atoms with E-state index in [1.807, 2.05) is 6.92 Å². The number of hydrogen-bond donors (Lipinski definition) is 2. The average Bonchev–Trinajstić information content (AvgIpc) is 2.88. The highest BCUT2D eigenvalue weighted by Gasteiger charge is 2.19. The molecule has 0 aliphatic carbocycles. The maximum atomic E-state index is 10.5. The Morgan fingerprint density at radius 2 is 2.31 bits per heavy atom. The van der Waals surface area contributed by atoms with Crippen LogP contribution < -0.4 is 5.32 Å². The standard InChI is InChI=1S/C6H11NO.C3H6O2/c1-4-7-6(8)5(2)3;4-1-3-2-5-3/h2,4H2,1,3H3,(H,7,8);3-4H,1-2H2. The van der Waals surface area contributed by atoms with Crippen molar-refractivity contribution in [3.8, 4) is 0 Å². The number of carbonyl (C=O) groups excluding carboxylic acids is 1. The molecule has 1 unspecified atom stereocenters. The summed E-state index contributed by atoms with van der Waals surface area (Å²) in [5, 5.41) is 10.7. The molecule has 4 nitrogen and oxygen atoms in total. The van der Waals surface area contributed by atoms with E-state index >= 15 is 0 Å². The fourth-order valence-corrected chi connectivity index (χ4v) is 0.485. The number of amides is 1. The van der Waals surface area contributed by atoms with Gasteiger partial charge in [-0.05, 0) is 13.8 Å². The van der Waals surface area contributed by atoms with Gasteiger partial charge in [0.25, 0.3) is 0 Å². The lowest BCUT2D eigenvalue weighted by Crippen LogP contribution is -2.22. The Balaban J connectivity index is 0.000000243. The van der Waals surface area contributed by atoms with Gasteiger partial charge in [0.15, 0.2) is 0 Å². The fraction of sp³-hybridized carbons (Fsp3) is 0.667. The summed E-state index contributed by atoms with van der Waals surface area (Å²) < 4.78 is 4.61. The van der Waals surface area contributed by atoms with Crippen LogP contribution in [0.3, 0.4) is 0 Å². The van der Waals surface area contributed by atoms with Gasteiger partial charge in [-0.3, -0.25) is 4.79 Å². The van der Waals surface area contributed by atoms with E-state index in [1.165, 1.54) is 0 Å². The summed E-state index contributed by atoms with van der Waals surface area (Å²) >= 11 is 0. The number of epoxide rings is 1. The van der Waals surface area contributed by atoms with Crippen LogP contribution in [0.2, 0.25) is 0 Å². The number of hydrogen-bond acceptors (Lipinski definition) is 3. The quantitative estimate of drug-likeness (QED) is 0.485. The normalized spacial score (nSPS) is 18.2. The van der Waals surface area contributed by atoms with Crippen LogP contribution >= 0.6 is 0 Å². The van der Waals surface area contributed by atoms with Crippen molar-refractivity contribution in [2.24, 2.45) is 0 Å². The first-order valence-electron chi connectivity index (χ1n) is 4.28. The van der Waals surface area contributed by atoms with E-state index in [2.05, 4.69) is 16.6 Å². The Labute approximate surface area is 78.6 Å². The lowest BCUT2D eigenvalue weighted by molar-refractivity contribution is -0.117. The summed E-state index contributed by atoms with van der Waals surface area (Å²) in [4.78, 5) is 10.5. The molecule has 1 rings (SSSR count). The van der Waals surface area contributed by atoms with E-state index in [1.54, 1.807) is 6.92 Å². The minimum absolute atomic E-state index is 0.0625. The molecule has 1 fully saturated rings. The zero-order chi connectivity index (χ0) is 10.3. The van der Waals surface area contributed by atoms with Gasteiger partial charge in [-0.15, -0.1) is 0 Å². The van der Waals surface area contributed by atoms with Gasteiger partial charge >= 0.3 is 0 Å². The number of aliphatic hydroxyl groups is 1. The van der Waals surface area contributed by atoms with Crippen molar-refractivity contribution in [1.29, 1.82) is 0 Å². The molecule has 1 amide bonds. The Morgan fingerprint density at radius 1 is 1.77 bits per heavy atom. The fourth-order valence-electron chi connectivity index (χ4n) is 0.485. The topological polar surface area (TPSA) is 61.9 Å². The Morgan fingerprint density at radius 3 is 2.38 bits per heavy atom. The van der Waals surface area contributed by atoms with Crippen LogP contribution in [0.15, 0.2) is 12.2 Å². The number of aliphatic hydroxyl groups excluding tert-OH is 1. The molecule has 1 aliphatic heterocycles. The van der Waals surface area contributed by atoms with Gasteiger partial charge in [-0.2, -0.15) is 0 Å². The van der Waals surface area contributed by atoms with Crippen LogP contribution in [0, 0.1) is 0 Å². The predicted molar refractivity (Wildman–Crippen MR) is 50.3 cm³/mol. The second-order valence-corrected chi connectivity index (χ2v) is 2.78. The smallest absolute Gasteiger partial charge is 0.246 e. The highest BCUT2D eigenvalue weighted by Crippen LogP contribution is 2.04. The van der Waals surface area contributed by atoms with Gasteiger partial charge in [-0.25, -0.2) is 0 Å². The third-order valence-corrected chi connectivity index (χ3v) is 1.33. The molecular formula is C9H17NO3. The Bertz CT molecular complexity index is 176. The molecule has 4 heteroatoms. The van der Waals surface area contributed by atoms with E-state index in [4.69, 9.17) is 5.11 Å². The van der Waals surface area contributed by atoms with E-state index in [0.717, 1.165) is 6.61 Å². The van der Waals surface area contributed by atoms with Crippen LogP contribution in [-0.4, -0.2) is 36.9 Å².